The normalized spacial score (nSPS) is 35.6. The average molecular weight is 758 g/mol. The standard InChI is InChI=1S/C43H55N3O5S2/c1-4-41(15-5-6-16-41)22-31-30-11-10-28-29-13-19-43(35(28)34(30)39(48)50-31)32-12-9-25(2)38(45-23-26(3)47)53-52-24-46-33-21-27(14-20-44-33)42(17-7-8-18-42)36(29)37(43)40(49)51-32/h12,14,20-22,25-26,28-29,35,38,45,47H,4-11,13,15-19,23-24H2,1-3H3,(H,44,46). The van der Waals surface area contributed by atoms with Crippen molar-refractivity contribution in [2.75, 3.05) is 17.7 Å². The van der Waals surface area contributed by atoms with E-state index in [0.717, 1.165) is 105 Å². The number of cyclic esters (lactones) is 1. The van der Waals surface area contributed by atoms with Gasteiger partial charge in [0.1, 0.15) is 17.3 Å². The van der Waals surface area contributed by atoms with Crippen molar-refractivity contribution in [1.82, 2.24) is 10.3 Å². The first-order valence-electron chi connectivity index (χ1n) is 20.5. The molecule has 1 aromatic rings. The maximum Gasteiger partial charge on any atom is 0.340 e. The molecule has 1 saturated heterocycles. The molecule has 4 fully saturated rings. The molecular weight excluding hydrogens is 703 g/mol. The zero-order valence-corrected chi connectivity index (χ0v) is 33.1. The fourth-order valence-electron chi connectivity index (χ4n) is 12.2. The van der Waals surface area contributed by atoms with Crippen molar-refractivity contribution in [2.45, 2.75) is 128 Å². The number of rotatable bonds is 5. The molecule has 53 heavy (non-hydrogen) atoms. The number of hydrogen-bond acceptors (Lipinski definition) is 10. The minimum atomic E-state index is -0.692. The van der Waals surface area contributed by atoms with Crippen LogP contribution in [0.4, 0.5) is 5.82 Å². The summed E-state index contributed by atoms with van der Waals surface area (Å²) in [5.74, 6) is 3.20. The van der Waals surface area contributed by atoms with Gasteiger partial charge in [-0.1, -0.05) is 61.1 Å². The molecule has 10 rings (SSSR count). The number of carbonyl (C=O) groups is 2. The van der Waals surface area contributed by atoms with Crippen LogP contribution in [0.15, 0.2) is 64.3 Å². The van der Waals surface area contributed by atoms with Gasteiger partial charge in [0.15, 0.2) is 0 Å². The topological polar surface area (TPSA) is 110 Å². The Morgan fingerprint density at radius 1 is 1.09 bits per heavy atom. The first-order valence-corrected chi connectivity index (χ1v) is 22.8. The number of pyridine rings is 1. The number of carbonyl (C=O) groups excluding carboxylic acids is 2. The molecule has 4 heterocycles. The quantitative estimate of drug-likeness (QED) is 0.199. The SMILES string of the molecule is CCC1(C=C2OC(=O)C3=C2CCC2C4CCC5(C6=CCC(C)C(NCC(C)O)SSCNc7cc(ccn7)C7(CCCC7)C4=C5C(=O)O6)C32)CCCC1. The highest BCUT2D eigenvalue weighted by Crippen LogP contribution is 2.73. The molecule has 7 bridgehead atoms. The molecule has 2 spiro atoms. The van der Waals surface area contributed by atoms with E-state index in [1.54, 1.807) is 28.5 Å². The second kappa shape index (κ2) is 13.9. The number of nitrogens with zero attached hydrogens (tertiary/aromatic N) is 1. The van der Waals surface area contributed by atoms with E-state index in [9.17, 15) is 14.7 Å². The number of hydrogen-bond donors (Lipinski definition) is 3. The summed E-state index contributed by atoms with van der Waals surface area (Å²) < 4.78 is 12.9. The lowest BCUT2D eigenvalue weighted by Crippen LogP contribution is -2.55. The van der Waals surface area contributed by atoms with Crippen LogP contribution in [0.2, 0.25) is 0 Å². The summed E-state index contributed by atoms with van der Waals surface area (Å²) in [5.41, 5.74) is 4.50. The first kappa shape index (κ1) is 36.1. The second-order valence-electron chi connectivity index (χ2n) is 17.4. The molecule has 3 N–H and O–H groups in total. The van der Waals surface area contributed by atoms with E-state index in [4.69, 9.17) is 14.5 Å². The fourth-order valence-corrected chi connectivity index (χ4v) is 14.7. The van der Waals surface area contributed by atoms with Crippen LogP contribution < -0.4 is 10.6 Å². The third-order valence-electron chi connectivity index (χ3n) is 14.7. The van der Waals surface area contributed by atoms with Crippen molar-refractivity contribution in [3.8, 4) is 0 Å². The lowest BCUT2D eigenvalue weighted by molar-refractivity contribution is -0.135. The zero-order valence-electron chi connectivity index (χ0n) is 31.5. The number of allylic oxidation sites excluding steroid dienone is 5. The van der Waals surface area contributed by atoms with E-state index in [1.807, 2.05) is 6.20 Å². The Labute approximate surface area is 322 Å². The van der Waals surface area contributed by atoms with E-state index in [2.05, 4.69) is 48.8 Å². The molecule has 7 atom stereocenters. The Bertz CT molecular complexity index is 1800. The summed E-state index contributed by atoms with van der Waals surface area (Å²) in [6, 6.07) is 4.43. The number of anilines is 1. The van der Waals surface area contributed by atoms with Crippen LogP contribution in [0, 0.1) is 34.5 Å². The molecule has 3 aliphatic heterocycles. The highest BCUT2D eigenvalue weighted by atomic mass is 33.1. The molecule has 3 saturated carbocycles. The van der Waals surface area contributed by atoms with Crippen molar-refractivity contribution < 1.29 is 24.2 Å². The van der Waals surface area contributed by atoms with Crippen molar-refractivity contribution in [1.29, 1.82) is 0 Å². The molecule has 0 radical (unpaired) electrons. The lowest BCUT2D eigenvalue weighted by atomic mass is 9.42. The van der Waals surface area contributed by atoms with Gasteiger partial charge in [0.2, 0.25) is 0 Å². The molecule has 9 aliphatic rings. The summed E-state index contributed by atoms with van der Waals surface area (Å²) in [5, 5.41) is 17.4. The largest absolute Gasteiger partial charge is 0.427 e. The molecular formula is C43H55N3O5S2. The van der Waals surface area contributed by atoms with Crippen LogP contribution >= 0.6 is 21.6 Å². The number of aliphatic hydroxyl groups is 1. The van der Waals surface area contributed by atoms with Gasteiger partial charge in [-0.3, -0.25) is 0 Å². The monoisotopic (exact) mass is 757 g/mol. The Kier molecular flexibility index (Phi) is 9.47. The Balaban J connectivity index is 1.24. The third-order valence-corrected chi connectivity index (χ3v) is 17.3. The Morgan fingerprint density at radius 3 is 2.66 bits per heavy atom. The lowest BCUT2D eigenvalue weighted by Gasteiger charge is -2.59. The zero-order chi connectivity index (χ0) is 36.5. The molecule has 8 nitrogen and oxygen atoms in total. The predicted molar refractivity (Wildman–Crippen MR) is 210 cm³/mol. The van der Waals surface area contributed by atoms with Gasteiger partial charge < -0.3 is 25.2 Å². The summed E-state index contributed by atoms with van der Waals surface area (Å²) in [4.78, 5) is 33.9. The van der Waals surface area contributed by atoms with Gasteiger partial charge in [-0.2, -0.15) is 0 Å². The number of fused-ring (bicyclic) bond motifs is 4. The predicted octanol–water partition coefficient (Wildman–Crippen LogP) is 8.86. The van der Waals surface area contributed by atoms with Crippen LogP contribution in [-0.4, -0.2) is 45.9 Å². The average Bonchev–Trinajstić information content (AvgIpc) is 3.96. The van der Waals surface area contributed by atoms with Gasteiger partial charge in [-0.25, -0.2) is 14.6 Å². The van der Waals surface area contributed by atoms with Crippen molar-refractivity contribution in [3.05, 3.63) is 69.9 Å². The van der Waals surface area contributed by atoms with Gasteiger partial charge in [0.05, 0.1) is 28.3 Å². The molecule has 0 aromatic carbocycles. The summed E-state index contributed by atoms with van der Waals surface area (Å²) in [7, 11) is 3.52. The highest BCUT2D eigenvalue weighted by molar-refractivity contribution is 8.76. The van der Waals surface area contributed by atoms with Crippen molar-refractivity contribution in [3.63, 3.8) is 0 Å². The summed E-state index contributed by atoms with van der Waals surface area (Å²) in [6.45, 7) is 6.80. The van der Waals surface area contributed by atoms with Gasteiger partial charge in [-0.05, 0) is 130 Å². The maximum atomic E-state index is 14.8. The molecule has 7 unspecified atom stereocenters. The number of aromatic nitrogens is 1. The smallest absolute Gasteiger partial charge is 0.340 e. The minimum Gasteiger partial charge on any atom is -0.427 e. The van der Waals surface area contributed by atoms with Crippen LogP contribution in [0.25, 0.3) is 0 Å². The van der Waals surface area contributed by atoms with E-state index >= 15 is 0 Å². The van der Waals surface area contributed by atoms with Crippen LogP contribution in [0.1, 0.15) is 116 Å². The van der Waals surface area contributed by atoms with Gasteiger partial charge >= 0.3 is 11.9 Å². The molecule has 0 amide bonds. The molecule has 1 aromatic heterocycles. The number of ether oxygens (including phenoxy) is 2. The van der Waals surface area contributed by atoms with E-state index in [0.29, 0.717) is 18.8 Å². The summed E-state index contributed by atoms with van der Waals surface area (Å²) >= 11 is 0. The van der Waals surface area contributed by atoms with Crippen molar-refractivity contribution >= 4 is 39.3 Å². The van der Waals surface area contributed by atoms with E-state index in [-0.39, 0.29) is 51.8 Å². The minimum absolute atomic E-state index is 0.0557. The first-order chi connectivity index (χ1) is 25.7. The van der Waals surface area contributed by atoms with Gasteiger partial charge in [0, 0.05) is 35.2 Å². The fraction of sp³-hybridized carbons (Fsp3) is 0.651. The molecule has 6 aliphatic carbocycles. The van der Waals surface area contributed by atoms with Gasteiger partial charge in [-0.15, -0.1) is 0 Å². The maximum absolute atomic E-state index is 14.8. The number of nitrogens with one attached hydrogen (secondary N) is 2. The second-order valence-corrected chi connectivity index (χ2v) is 19.9. The van der Waals surface area contributed by atoms with Crippen LogP contribution in [0.3, 0.4) is 0 Å². The molecule has 10 heteroatoms. The van der Waals surface area contributed by atoms with E-state index in [1.165, 1.54) is 24.0 Å². The number of esters is 2. The van der Waals surface area contributed by atoms with Crippen molar-refractivity contribution in [2.24, 2.45) is 34.5 Å². The van der Waals surface area contributed by atoms with Gasteiger partial charge in [0.25, 0.3) is 0 Å². The third kappa shape index (κ3) is 5.73. The van der Waals surface area contributed by atoms with Crippen LogP contribution in [-0.2, 0) is 24.5 Å². The summed E-state index contributed by atoms with van der Waals surface area (Å²) in [6.07, 6.45) is 20.4. The van der Waals surface area contributed by atoms with E-state index < -0.39 is 11.5 Å². The highest BCUT2D eigenvalue weighted by Gasteiger charge is 2.70. The number of aliphatic hydroxyl groups excluding tert-OH is 1. The Morgan fingerprint density at radius 2 is 1.89 bits per heavy atom. The Hall–Kier alpha value is -2.53. The molecule has 284 valence electrons. The van der Waals surface area contributed by atoms with Crippen LogP contribution in [0.5, 0.6) is 0 Å².